The number of anilines is 1. The van der Waals surface area contributed by atoms with Crippen LogP contribution >= 0.6 is 0 Å². The van der Waals surface area contributed by atoms with Crippen molar-refractivity contribution in [3.63, 3.8) is 0 Å². The largest absolute Gasteiger partial charge is 0.377 e. The summed E-state index contributed by atoms with van der Waals surface area (Å²) >= 11 is 0. The molecular formula is C14H19NO. The summed E-state index contributed by atoms with van der Waals surface area (Å²) in [4.78, 5) is 2.60. The molecule has 2 aliphatic rings. The van der Waals surface area contributed by atoms with Crippen LogP contribution in [0, 0.1) is 13.8 Å². The van der Waals surface area contributed by atoms with Gasteiger partial charge >= 0.3 is 0 Å². The number of morpholine rings is 1. The van der Waals surface area contributed by atoms with Gasteiger partial charge in [-0.05, 0) is 38.3 Å². The van der Waals surface area contributed by atoms with Crippen molar-refractivity contribution in [2.75, 3.05) is 18.1 Å². The molecule has 1 aromatic rings. The molecule has 2 nitrogen and oxygen atoms in total. The number of hydrogen-bond acceptors (Lipinski definition) is 2. The van der Waals surface area contributed by atoms with Gasteiger partial charge in [0.25, 0.3) is 0 Å². The van der Waals surface area contributed by atoms with E-state index < -0.39 is 0 Å². The van der Waals surface area contributed by atoms with Crippen molar-refractivity contribution in [2.24, 2.45) is 0 Å². The molecule has 3 rings (SSSR count). The number of nitrogens with zero attached hydrogens (tertiary/aromatic N) is 1. The van der Waals surface area contributed by atoms with Crippen LogP contribution < -0.4 is 4.90 Å². The zero-order valence-corrected chi connectivity index (χ0v) is 10.1. The first-order valence-corrected chi connectivity index (χ1v) is 6.19. The van der Waals surface area contributed by atoms with Crippen molar-refractivity contribution in [2.45, 2.75) is 38.8 Å². The van der Waals surface area contributed by atoms with Crippen molar-refractivity contribution in [3.8, 4) is 0 Å². The third-order valence-corrected chi connectivity index (χ3v) is 3.87. The van der Waals surface area contributed by atoms with Gasteiger partial charge in [-0.25, -0.2) is 0 Å². The molecule has 86 valence electrons. The third kappa shape index (κ3) is 1.52. The van der Waals surface area contributed by atoms with E-state index in [2.05, 4.69) is 36.9 Å². The molecule has 2 atom stereocenters. The molecule has 2 unspecified atom stereocenters. The quantitative estimate of drug-likeness (QED) is 0.717. The van der Waals surface area contributed by atoms with Crippen molar-refractivity contribution < 1.29 is 4.74 Å². The van der Waals surface area contributed by atoms with E-state index in [1.807, 2.05) is 0 Å². The summed E-state index contributed by atoms with van der Waals surface area (Å²) in [5.41, 5.74) is 4.17. The summed E-state index contributed by atoms with van der Waals surface area (Å²) in [6.45, 7) is 6.19. The number of aryl methyl sites for hydroxylation is 2. The van der Waals surface area contributed by atoms with Crippen LogP contribution in [0.25, 0.3) is 0 Å². The number of benzene rings is 1. The highest BCUT2D eigenvalue weighted by Gasteiger charge is 2.37. The van der Waals surface area contributed by atoms with Gasteiger partial charge in [0.05, 0.1) is 25.3 Å². The van der Waals surface area contributed by atoms with E-state index >= 15 is 0 Å². The molecule has 0 aliphatic carbocycles. The number of hydrogen-bond donors (Lipinski definition) is 0. The smallest absolute Gasteiger partial charge is 0.0671 e. The zero-order chi connectivity index (χ0) is 11.1. The van der Waals surface area contributed by atoms with Gasteiger partial charge in [-0.15, -0.1) is 0 Å². The Balaban J connectivity index is 1.97. The Labute approximate surface area is 97.2 Å². The fourth-order valence-electron chi connectivity index (χ4n) is 3.12. The van der Waals surface area contributed by atoms with Crippen LogP contribution in [0.1, 0.15) is 24.0 Å². The van der Waals surface area contributed by atoms with E-state index in [1.54, 1.807) is 0 Å². The predicted molar refractivity (Wildman–Crippen MR) is 66.0 cm³/mol. The molecule has 2 bridgehead atoms. The van der Waals surface area contributed by atoms with Gasteiger partial charge < -0.3 is 9.64 Å². The summed E-state index contributed by atoms with van der Waals surface area (Å²) < 4.78 is 5.63. The minimum atomic E-state index is 0.611. The maximum atomic E-state index is 5.63. The minimum absolute atomic E-state index is 0.611. The first-order valence-electron chi connectivity index (χ1n) is 6.19. The highest BCUT2D eigenvalue weighted by Crippen LogP contribution is 2.35. The summed E-state index contributed by atoms with van der Waals surface area (Å²) in [5.74, 6) is 0. The molecule has 16 heavy (non-hydrogen) atoms. The summed E-state index contributed by atoms with van der Waals surface area (Å²) in [7, 11) is 0. The molecule has 0 aromatic heterocycles. The molecule has 0 saturated carbocycles. The summed E-state index contributed by atoms with van der Waals surface area (Å²) in [6.07, 6.45) is 2.58. The van der Waals surface area contributed by atoms with Gasteiger partial charge in [0.1, 0.15) is 0 Å². The molecule has 2 heteroatoms. The zero-order valence-electron chi connectivity index (χ0n) is 10.1. The molecule has 2 aliphatic heterocycles. The van der Waals surface area contributed by atoms with Gasteiger partial charge in [0, 0.05) is 5.69 Å². The minimum Gasteiger partial charge on any atom is -0.377 e. The van der Waals surface area contributed by atoms with E-state index in [1.165, 1.54) is 29.7 Å². The first-order chi connectivity index (χ1) is 7.75. The van der Waals surface area contributed by atoms with Gasteiger partial charge in [0.15, 0.2) is 0 Å². The fraction of sp³-hybridized carbons (Fsp3) is 0.571. The molecule has 2 heterocycles. The Morgan fingerprint density at radius 1 is 1.12 bits per heavy atom. The molecule has 0 radical (unpaired) electrons. The Kier molecular flexibility index (Phi) is 2.40. The maximum absolute atomic E-state index is 5.63. The average Bonchev–Trinajstić information content (AvgIpc) is 2.50. The molecule has 0 spiro atoms. The lowest BCUT2D eigenvalue weighted by atomic mass is 10.1. The number of ether oxygens (including phenoxy) is 1. The molecule has 0 N–H and O–H groups in total. The maximum Gasteiger partial charge on any atom is 0.0671 e. The second-order valence-electron chi connectivity index (χ2n) is 5.12. The molecule has 0 amide bonds. The van der Waals surface area contributed by atoms with Gasteiger partial charge in [0.2, 0.25) is 0 Å². The highest BCUT2D eigenvalue weighted by molar-refractivity contribution is 5.57. The second kappa shape index (κ2) is 3.77. The molecule has 2 saturated heterocycles. The van der Waals surface area contributed by atoms with E-state index in [4.69, 9.17) is 4.74 Å². The van der Waals surface area contributed by atoms with E-state index in [0.29, 0.717) is 12.1 Å². The monoisotopic (exact) mass is 217 g/mol. The van der Waals surface area contributed by atoms with Gasteiger partial charge in [-0.2, -0.15) is 0 Å². The Morgan fingerprint density at radius 3 is 2.44 bits per heavy atom. The van der Waals surface area contributed by atoms with Crippen LogP contribution in [0.2, 0.25) is 0 Å². The Bertz CT molecular complexity index is 386. The lowest BCUT2D eigenvalue weighted by Crippen LogP contribution is -2.46. The van der Waals surface area contributed by atoms with Gasteiger partial charge in [-0.1, -0.05) is 17.7 Å². The Morgan fingerprint density at radius 2 is 1.81 bits per heavy atom. The average molecular weight is 217 g/mol. The van der Waals surface area contributed by atoms with Crippen LogP contribution in [0.15, 0.2) is 18.2 Å². The van der Waals surface area contributed by atoms with Crippen LogP contribution in [0.5, 0.6) is 0 Å². The Hall–Kier alpha value is -1.02. The van der Waals surface area contributed by atoms with E-state index in [-0.39, 0.29) is 0 Å². The summed E-state index contributed by atoms with van der Waals surface area (Å²) in [5, 5.41) is 0. The highest BCUT2D eigenvalue weighted by atomic mass is 16.5. The van der Waals surface area contributed by atoms with Crippen LogP contribution in [0.3, 0.4) is 0 Å². The van der Waals surface area contributed by atoms with E-state index in [0.717, 1.165) is 13.2 Å². The fourth-order valence-corrected chi connectivity index (χ4v) is 3.12. The molecule has 1 aromatic carbocycles. The topological polar surface area (TPSA) is 12.5 Å². The van der Waals surface area contributed by atoms with Gasteiger partial charge in [-0.3, -0.25) is 0 Å². The molecular weight excluding hydrogens is 198 g/mol. The second-order valence-corrected chi connectivity index (χ2v) is 5.12. The molecule has 2 fully saturated rings. The SMILES string of the molecule is Cc1ccc(N2C3CCC2COC3)c(C)c1. The number of fused-ring (bicyclic) bond motifs is 2. The number of rotatable bonds is 1. The van der Waals surface area contributed by atoms with E-state index in [9.17, 15) is 0 Å². The lowest BCUT2D eigenvalue weighted by Gasteiger charge is -2.37. The van der Waals surface area contributed by atoms with Crippen molar-refractivity contribution >= 4 is 5.69 Å². The van der Waals surface area contributed by atoms with Crippen LogP contribution in [0.4, 0.5) is 5.69 Å². The first kappa shape index (κ1) is 10.2. The normalized spacial score (nSPS) is 28.5. The standard InChI is InChI=1S/C14H19NO/c1-10-3-6-14(11(2)7-10)15-12-4-5-13(15)9-16-8-12/h3,6-7,12-13H,4-5,8-9H2,1-2H3. The van der Waals surface area contributed by atoms with Crippen molar-refractivity contribution in [3.05, 3.63) is 29.3 Å². The summed E-state index contributed by atoms with van der Waals surface area (Å²) in [6, 6.07) is 8.00. The van der Waals surface area contributed by atoms with Crippen LogP contribution in [-0.2, 0) is 4.74 Å². The van der Waals surface area contributed by atoms with Crippen LogP contribution in [-0.4, -0.2) is 25.3 Å². The van der Waals surface area contributed by atoms with Crippen molar-refractivity contribution in [1.29, 1.82) is 0 Å². The lowest BCUT2D eigenvalue weighted by molar-refractivity contribution is 0.0906. The van der Waals surface area contributed by atoms with Crippen molar-refractivity contribution in [1.82, 2.24) is 0 Å². The predicted octanol–water partition coefficient (Wildman–Crippen LogP) is 2.67. The third-order valence-electron chi connectivity index (χ3n) is 3.87.